The maximum absolute atomic E-state index is 13.0. The van der Waals surface area contributed by atoms with Crippen LogP contribution in [0, 0.1) is 0 Å². The second-order valence-electron chi connectivity index (χ2n) is 6.64. The van der Waals surface area contributed by atoms with Gasteiger partial charge in [0.15, 0.2) is 0 Å². The second-order valence-corrected chi connectivity index (χ2v) is 8.32. The largest absolute Gasteiger partial charge is 0.416 e. The van der Waals surface area contributed by atoms with Crippen molar-refractivity contribution < 1.29 is 26.4 Å². The number of carbonyl (C=O) groups is 1. The zero-order valence-electron chi connectivity index (χ0n) is 15.5. The molecule has 29 heavy (non-hydrogen) atoms. The first kappa shape index (κ1) is 21.1. The fourth-order valence-electron chi connectivity index (χ4n) is 2.92. The first-order valence-corrected chi connectivity index (χ1v) is 10.5. The van der Waals surface area contributed by atoms with Crippen molar-refractivity contribution in [3.63, 3.8) is 0 Å². The molecule has 0 unspecified atom stereocenters. The van der Waals surface area contributed by atoms with Gasteiger partial charge in [0.25, 0.3) is 5.91 Å². The van der Waals surface area contributed by atoms with Crippen molar-refractivity contribution in [3.05, 3.63) is 59.2 Å². The third-order valence-electron chi connectivity index (χ3n) is 4.49. The molecular weight excluding hydrogens is 407 g/mol. The third-order valence-corrected chi connectivity index (χ3v) is 5.97. The molecule has 6 nitrogen and oxygen atoms in total. The van der Waals surface area contributed by atoms with E-state index in [-0.39, 0.29) is 16.5 Å². The van der Waals surface area contributed by atoms with Crippen molar-refractivity contribution in [1.82, 2.24) is 10.0 Å². The van der Waals surface area contributed by atoms with Gasteiger partial charge >= 0.3 is 6.18 Å². The number of unbranched alkanes of at least 4 members (excludes halogenated alkanes) is 1. The molecule has 0 spiro atoms. The van der Waals surface area contributed by atoms with Crippen LogP contribution in [0.1, 0.15) is 47.4 Å². The Bertz CT molecular complexity index is 1010. The molecule has 1 amide bonds. The van der Waals surface area contributed by atoms with Crippen LogP contribution in [0.4, 0.5) is 18.9 Å². The number of anilines is 1. The number of sulfonamides is 1. The molecule has 1 aliphatic heterocycles. The van der Waals surface area contributed by atoms with Gasteiger partial charge in [-0.3, -0.25) is 4.79 Å². The van der Waals surface area contributed by atoms with Crippen LogP contribution in [0.15, 0.2) is 47.4 Å². The Hall–Kier alpha value is -2.59. The lowest BCUT2D eigenvalue weighted by Crippen LogP contribution is -2.38. The summed E-state index contributed by atoms with van der Waals surface area (Å²) in [5.74, 6) is -0.248. The highest BCUT2D eigenvalue weighted by Gasteiger charge is 2.35. The van der Waals surface area contributed by atoms with Crippen molar-refractivity contribution in [1.29, 1.82) is 0 Å². The van der Waals surface area contributed by atoms with E-state index in [0.29, 0.717) is 17.7 Å². The van der Waals surface area contributed by atoms with Crippen LogP contribution in [0.3, 0.4) is 0 Å². The Morgan fingerprint density at radius 2 is 1.83 bits per heavy atom. The lowest BCUT2D eigenvalue weighted by molar-refractivity contribution is -0.137. The van der Waals surface area contributed by atoms with E-state index in [0.717, 1.165) is 31.0 Å². The average molecular weight is 427 g/mol. The van der Waals surface area contributed by atoms with Gasteiger partial charge in [0.2, 0.25) is 10.0 Å². The highest BCUT2D eigenvalue weighted by Crippen LogP contribution is 2.37. The molecule has 2 aromatic carbocycles. The fraction of sp³-hybridized carbons (Fsp3) is 0.316. The van der Waals surface area contributed by atoms with Crippen LogP contribution < -0.4 is 15.4 Å². The maximum atomic E-state index is 13.0. The molecule has 3 rings (SSSR count). The summed E-state index contributed by atoms with van der Waals surface area (Å²) in [6.07, 6.45) is -3.75. The Kier molecular flexibility index (Phi) is 5.85. The molecule has 0 aromatic heterocycles. The molecular formula is C19H20F3N3O3S. The Morgan fingerprint density at radius 1 is 1.14 bits per heavy atom. The van der Waals surface area contributed by atoms with Gasteiger partial charge in [0.1, 0.15) is 11.1 Å². The molecule has 1 heterocycles. The number of alkyl halides is 3. The van der Waals surface area contributed by atoms with Gasteiger partial charge in [-0.1, -0.05) is 25.5 Å². The van der Waals surface area contributed by atoms with Gasteiger partial charge in [0.05, 0.1) is 11.3 Å². The number of halogens is 3. The Morgan fingerprint density at radius 3 is 2.45 bits per heavy atom. The van der Waals surface area contributed by atoms with Crippen molar-refractivity contribution >= 4 is 21.6 Å². The monoisotopic (exact) mass is 427 g/mol. The molecule has 0 saturated carbocycles. The van der Waals surface area contributed by atoms with E-state index in [1.54, 1.807) is 12.1 Å². The molecule has 0 radical (unpaired) electrons. The quantitative estimate of drug-likeness (QED) is 0.636. The van der Waals surface area contributed by atoms with Crippen molar-refractivity contribution in [2.45, 2.75) is 37.0 Å². The lowest BCUT2D eigenvalue weighted by atomic mass is 10.1. The van der Waals surface area contributed by atoms with Crippen molar-refractivity contribution in [2.75, 3.05) is 11.9 Å². The van der Waals surface area contributed by atoms with Crippen LogP contribution in [0.2, 0.25) is 0 Å². The Balaban J connectivity index is 1.83. The van der Waals surface area contributed by atoms with E-state index >= 15 is 0 Å². The molecule has 3 N–H and O–H groups in total. The summed E-state index contributed by atoms with van der Waals surface area (Å²) in [7, 11) is -4.00. The van der Waals surface area contributed by atoms with E-state index < -0.39 is 27.9 Å². The molecule has 0 saturated heterocycles. The van der Waals surface area contributed by atoms with E-state index in [2.05, 4.69) is 15.4 Å². The number of nitrogens with one attached hydrogen (secondary N) is 3. The molecule has 10 heteroatoms. The van der Waals surface area contributed by atoms with E-state index in [1.807, 2.05) is 6.92 Å². The predicted octanol–water partition coefficient (Wildman–Crippen LogP) is 3.64. The highest BCUT2D eigenvalue weighted by molar-refractivity contribution is 7.89. The Labute approximate surface area is 166 Å². The number of carbonyl (C=O) groups excluding carboxylic acids is 1. The second kappa shape index (κ2) is 8.03. The zero-order valence-corrected chi connectivity index (χ0v) is 16.3. The summed E-state index contributed by atoms with van der Waals surface area (Å²) in [6, 6.07) is 8.60. The van der Waals surface area contributed by atoms with Gasteiger partial charge in [-0.05, 0) is 42.3 Å². The first-order valence-electron chi connectivity index (χ1n) is 9.00. The van der Waals surface area contributed by atoms with Crippen LogP contribution in [0.5, 0.6) is 0 Å². The van der Waals surface area contributed by atoms with Crippen LogP contribution in [-0.2, 0) is 16.2 Å². The summed E-state index contributed by atoms with van der Waals surface area (Å²) in [4.78, 5) is 11.8. The number of fused-ring (bicyclic) bond motifs is 1. The van der Waals surface area contributed by atoms with Crippen molar-refractivity contribution in [3.8, 4) is 0 Å². The summed E-state index contributed by atoms with van der Waals surface area (Å²) >= 11 is 0. The average Bonchev–Trinajstić information content (AvgIpc) is 2.66. The number of rotatable bonds is 5. The standard InChI is InChI=1S/C19H20F3N3O3S/c1-2-3-10-23-18(26)13-6-4-12(5-7-13)17-24-15-11-14(19(20,21)22)8-9-16(15)29(27,28)25-17/h4-9,11,17,24-25H,2-3,10H2,1H3,(H,23,26)/t17-/m0/s1. The minimum absolute atomic E-state index is 0.134. The van der Waals surface area contributed by atoms with E-state index in [9.17, 15) is 26.4 Å². The summed E-state index contributed by atoms with van der Waals surface area (Å²) < 4.78 is 66.2. The number of benzene rings is 2. The highest BCUT2D eigenvalue weighted by atomic mass is 32.2. The molecule has 0 fully saturated rings. The summed E-state index contributed by atoms with van der Waals surface area (Å²) in [6.45, 7) is 2.56. The minimum Gasteiger partial charge on any atom is -0.364 e. The molecule has 156 valence electrons. The van der Waals surface area contributed by atoms with Crippen LogP contribution in [-0.4, -0.2) is 20.9 Å². The number of hydrogen-bond acceptors (Lipinski definition) is 4. The molecule has 0 aliphatic carbocycles. The van der Waals surface area contributed by atoms with Crippen LogP contribution >= 0.6 is 0 Å². The summed E-state index contributed by atoms with van der Waals surface area (Å²) in [5, 5.41) is 5.55. The number of amides is 1. The summed E-state index contributed by atoms with van der Waals surface area (Å²) in [5.41, 5.74) is -0.214. The lowest BCUT2D eigenvalue weighted by Gasteiger charge is -2.29. The smallest absolute Gasteiger partial charge is 0.364 e. The van der Waals surface area contributed by atoms with Gasteiger partial charge < -0.3 is 10.6 Å². The van der Waals surface area contributed by atoms with Crippen LogP contribution in [0.25, 0.3) is 0 Å². The van der Waals surface area contributed by atoms with Gasteiger partial charge in [-0.25, -0.2) is 8.42 Å². The van der Waals surface area contributed by atoms with E-state index in [4.69, 9.17) is 0 Å². The third kappa shape index (κ3) is 4.70. The van der Waals surface area contributed by atoms with Crippen molar-refractivity contribution in [2.24, 2.45) is 0 Å². The fourth-order valence-corrected chi connectivity index (χ4v) is 4.20. The minimum atomic E-state index is -4.59. The van der Waals surface area contributed by atoms with E-state index in [1.165, 1.54) is 12.1 Å². The van der Waals surface area contributed by atoms with Gasteiger partial charge in [-0.15, -0.1) is 0 Å². The predicted molar refractivity (Wildman–Crippen MR) is 102 cm³/mol. The molecule has 1 atom stereocenters. The first-order chi connectivity index (χ1) is 13.6. The topological polar surface area (TPSA) is 87.3 Å². The van der Waals surface area contributed by atoms with Gasteiger partial charge in [-0.2, -0.15) is 17.9 Å². The zero-order chi connectivity index (χ0) is 21.2. The number of hydrogen-bond donors (Lipinski definition) is 3. The molecule has 0 bridgehead atoms. The molecule has 1 aliphatic rings. The molecule has 2 aromatic rings. The SMILES string of the molecule is CCCCNC(=O)c1ccc([C@H]2Nc3cc(C(F)(F)F)ccc3S(=O)(=O)N2)cc1. The normalized spacial score (nSPS) is 17.9. The van der Waals surface area contributed by atoms with Gasteiger partial charge in [0, 0.05) is 12.1 Å². The maximum Gasteiger partial charge on any atom is 0.416 e.